The molecule has 46 heavy (non-hydrogen) atoms. The van der Waals surface area contributed by atoms with Crippen LogP contribution in [0, 0.1) is 18.3 Å². The highest BCUT2D eigenvalue weighted by Crippen LogP contribution is 2.38. The maximum absolute atomic E-state index is 13.7. The zero-order valence-corrected chi connectivity index (χ0v) is 25.5. The van der Waals surface area contributed by atoms with Crippen LogP contribution in [0.25, 0.3) is 5.82 Å². The molecule has 4 aromatic rings. The average molecular weight is 686 g/mol. The molecule has 2 amide bonds. The van der Waals surface area contributed by atoms with Crippen LogP contribution in [0.2, 0.25) is 5.02 Å². The van der Waals surface area contributed by atoms with Crippen LogP contribution in [0.3, 0.4) is 0 Å². The number of rotatable bonds is 9. The minimum absolute atomic E-state index is 0.000434. The lowest BCUT2D eigenvalue weighted by Gasteiger charge is -2.17. The first-order chi connectivity index (χ1) is 21.5. The topological polar surface area (TPSA) is 143 Å². The van der Waals surface area contributed by atoms with Crippen molar-refractivity contribution in [2.24, 2.45) is 0 Å². The van der Waals surface area contributed by atoms with E-state index in [0.29, 0.717) is 11.3 Å². The molecule has 11 nitrogen and oxygen atoms in total. The lowest BCUT2D eigenvalue weighted by molar-refractivity contribution is -0.165. The Morgan fingerprint density at radius 3 is 2.28 bits per heavy atom. The van der Waals surface area contributed by atoms with Gasteiger partial charge in [0.1, 0.15) is 12.2 Å². The van der Waals surface area contributed by atoms with Crippen LogP contribution >= 0.6 is 23.4 Å². The Morgan fingerprint density at radius 1 is 1.07 bits per heavy atom. The minimum Gasteiger partial charge on any atom is -0.349 e. The number of nitrogens with zero attached hydrogens (tertiary/aromatic N) is 7. The predicted octanol–water partition coefficient (Wildman–Crippen LogP) is 5.51. The summed E-state index contributed by atoms with van der Waals surface area (Å²) in [5, 5.41) is 25.0. The number of nitrogens with one attached hydrogen (secondary N) is 2. The summed E-state index contributed by atoms with van der Waals surface area (Å²) >= 11 is 7.76. The number of pyridine rings is 1. The van der Waals surface area contributed by atoms with Crippen LogP contribution < -0.4 is 10.6 Å². The Labute approximate surface area is 265 Å². The van der Waals surface area contributed by atoms with E-state index in [1.54, 1.807) is 13.8 Å². The molecule has 0 saturated heterocycles. The van der Waals surface area contributed by atoms with E-state index in [0.717, 1.165) is 10.7 Å². The molecule has 0 radical (unpaired) electrons. The van der Waals surface area contributed by atoms with Crippen LogP contribution in [0.15, 0.2) is 36.5 Å². The molecule has 0 aliphatic rings. The quantitative estimate of drug-likeness (QED) is 0.220. The maximum Gasteiger partial charge on any atom is 0.437 e. The van der Waals surface area contributed by atoms with Crippen LogP contribution in [-0.2, 0) is 18.9 Å². The highest BCUT2D eigenvalue weighted by atomic mass is 35.5. The van der Waals surface area contributed by atoms with Gasteiger partial charge in [-0.05, 0) is 56.0 Å². The number of carbonyl (C=O) groups is 2. The fraction of sp³-hybridized carbons (Fsp3) is 0.296. The number of amides is 2. The van der Waals surface area contributed by atoms with Crippen molar-refractivity contribution in [1.29, 1.82) is 5.26 Å². The number of nitriles is 1. The number of benzene rings is 1. The van der Waals surface area contributed by atoms with E-state index in [4.69, 9.17) is 11.6 Å². The second kappa shape index (κ2) is 13.4. The molecule has 1 atom stereocenters. The summed E-state index contributed by atoms with van der Waals surface area (Å²) in [6, 6.07) is 8.38. The van der Waals surface area contributed by atoms with Gasteiger partial charge < -0.3 is 10.6 Å². The Kier molecular flexibility index (Phi) is 9.97. The monoisotopic (exact) mass is 685 g/mol. The Hall–Kier alpha value is -4.63. The molecule has 2 N–H and O–H groups in total. The van der Waals surface area contributed by atoms with Gasteiger partial charge in [0, 0.05) is 18.0 Å². The summed E-state index contributed by atoms with van der Waals surface area (Å²) in [6.07, 6.45) is -7.74. The van der Waals surface area contributed by atoms with Crippen molar-refractivity contribution >= 4 is 40.9 Å². The molecule has 0 bridgehead atoms. The van der Waals surface area contributed by atoms with Crippen molar-refractivity contribution in [1.82, 2.24) is 35.1 Å². The van der Waals surface area contributed by atoms with Gasteiger partial charge in [0.05, 0.1) is 33.6 Å². The third kappa shape index (κ3) is 7.59. The molecule has 19 heteroatoms. The molecule has 0 fully saturated rings. The highest BCUT2D eigenvalue weighted by molar-refractivity contribution is 7.98. The third-order valence-electron chi connectivity index (χ3n) is 6.17. The summed E-state index contributed by atoms with van der Waals surface area (Å²) in [5.74, 6) is -0.997. The van der Waals surface area contributed by atoms with Crippen molar-refractivity contribution < 1.29 is 35.9 Å². The predicted molar refractivity (Wildman–Crippen MR) is 155 cm³/mol. The molecular weight excluding hydrogens is 664 g/mol. The van der Waals surface area contributed by atoms with Crippen molar-refractivity contribution in [3.63, 3.8) is 0 Å². The van der Waals surface area contributed by atoms with E-state index >= 15 is 0 Å². The first kappa shape index (κ1) is 34.2. The SMILES string of the molecule is CSC[C@H](C)NC(=O)c1cc(C#N)cc(C)c1NC(=O)c1cc(Cn2nc(C(F)(F)F)c(C(F)(F)F)n2)nn1-c1ncccc1Cl. The third-order valence-corrected chi connectivity index (χ3v) is 7.30. The smallest absolute Gasteiger partial charge is 0.349 e. The van der Waals surface area contributed by atoms with Gasteiger partial charge in [0.2, 0.25) is 0 Å². The molecular formula is C27H22ClF6N9O2S. The fourth-order valence-electron chi connectivity index (χ4n) is 4.28. The normalized spacial score (nSPS) is 12.5. The van der Waals surface area contributed by atoms with Gasteiger partial charge in [0.25, 0.3) is 11.8 Å². The number of aromatic nitrogens is 6. The van der Waals surface area contributed by atoms with Gasteiger partial charge >= 0.3 is 12.4 Å². The zero-order valence-electron chi connectivity index (χ0n) is 24.0. The number of carbonyl (C=O) groups excluding carboxylic acids is 2. The first-order valence-corrected chi connectivity index (χ1v) is 14.8. The van der Waals surface area contributed by atoms with E-state index in [2.05, 4.69) is 30.9 Å². The molecule has 0 unspecified atom stereocenters. The van der Waals surface area contributed by atoms with Crippen molar-refractivity contribution in [3.05, 3.63) is 81.0 Å². The number of hydrogen-bond donors (Lipinski definition) is 2. The number of aryl methyl sites for hydroxylation is 1. The summed E-state index contributed by atoms with van der Waals surface area (Å²) in [6.45, 7) is 2.51. The van der Waals surface area contributed by atoms with E-state index in [1.807, 2.05) is 12.3 Å². The second-order valence-electron chi connectivity index (χ2n) is 9.78. The molecule has 0 aliphatic heterocycles. The molecule has 4 rings (SSSR count). The van der Waals surface area contributed by atoms with E-state index in [1.165, 1.54) is 42.2 Å². The largest absolute Gasteiger partial charge is 0.437 e. The number of hydrogen-bond acceptors (Lipinski definition) is 8. The molecule has 0 saturated carbocycles. The van der Waals surface area contributed by atoms with E-state index in [9.17, 15) is 41.2 Å². The van der Waals surface area contributed by atoms with Crippen molar-refractivity contribution in [3.8, 4) is 11.9 Å². The molecule has 1 aromatic carbocycles. The molecule has 3 aromatic heterocycles. The van der Waals surface area contributed by atoms with Gasteiger partial charge in [-0.1, -0.05) is 11.6 Å². The molecule has 3 heterocycles. The van der Waals surface area contributed by atoms with Crippen molar-refractivity contribution in [2.75, 3.05) is 17.3 Å². The van der Waals surface area contributed by atoms with Gasteiger partial charge in [0.15, 0.2) is 17.2 Å². The maximum atomic E-state index is 13.7. The number of thioether (sulfide) groups is 1. The van der Waals surface area contributed by atoms with Crippen LogP contribution in [-0.4, -0.2) is 59.6 Å². The summed E-state index contributed by atoms with van der Waals surface area (Å²) in [5.41, 5.74) is -4.51. The van der Waals surface area contributed by atoms with Crippen LogP contribution in [0.4, 0.5) is 32.0 Å². The number of alkyl halides is 6. The summed E-state index contributed by atoms with van der Waals surface area (Å²) in [4.78, 5) is 31.2. The highest BCUT2D eigenvalue weighted by Gasteiger charge is 2.48. The molecule has 242 valence electrons. The lowest BCUT2D eigenvalue weighted by atomic mass is 10.0. The van der Waals surface area contributed by atoms with Gasteiger partial charge in [-0.15, -0.1) is 10.2 Å². The molecule has 0 spiro atoms. The van der Waals surface area contributed by atoms with Crippen LogP contribution in [0.5, 0.6) is 0 Å². The Morgan fingerprint density at radius 2 is 1.72 bits per heavy atom. The van der Waals surface area contributed by atoms with Gasteiger partial charge in [-0.3, -0.25) is 9.59 Å². The second-order valence-corrected chi connectivity index (χ2v) is 11.1. The Balaban J connectivity index is 1.78. The molecule has 0 aliphatic carbocycles. The van der Waals surface area contributed by atoms with E-state index < -0.39 is 42.1 Å². The lowest BCUT2D eigenvalue weighted by Crippen LogP contribution is -2.35. The standard InChI is InChI=1S/C27H22ClF6N9O2S/c1-13-7-15(10-35)8-17(24(44)37-14(2)12-46-3)20(13)38-25(45)19-9-16(39-43(19)23-18(28)5-4-6-36-23)11-42-40-21(26(29,30)31)22(41-42)27(32,33)34/h4-9,14H,11-12H2,1-3H3,(H,37,44)(H,38,45)/t14-/m0/s1. The number of halogens is 7. The van der Waals surface area contributed by atoms with Gasteiger partial charge in [-0.2, -0.15) is 53.3 Å². The number of anilines is 1. The summed E-state index contributed by atoms with van der Waals surface area (Å²) in [7, 11) is 0. The van der Waals surface area contributed by atoms with Crippen molar-refractivity contribution in [2.45, 2.75) is 38.8 Å². The van der Waals surface area contributed by atoms with E-state index in [-0.39, 0.29) is 49.9 Å². The van der Waals surface area contributed by atoms with Crippen LogP contribution in [0.1, 0.15) is 56.0 Å². The van der Waals surface area contributed by atoms with Gasteiger partial charge in [-0.25, -0.2) is 9.67 Å². The minimum atomic E-state index is -5.45. The average Bonchev–Trinajstić information content (AvgIpc) is 3.59. The fourth-order valence-corrected chi connectivity index (χ4v) is 5.06. The Bertz CT molecular complexity index is 1800. The zero-order chi connectivity index (χ0) is 34.0. The first-order valence-electron chi connectivity index (χ1n) is 13.0. The summed E-state index contributed by atoms with van der Waals surface area (Å²) < 4.78 is 80.7.